The number of nitrogen functional groups attached to an aromatic ring is 1. The number of hydrogen-bond acceptors (Lipinski definition) is 2. The number of amides is 1. The quantitative estimate of drug-likeness (QED) is 0.849. The van der Waals surface area contributed by atoms with E-state index in [4.69, 9.17) is 5.73 Å². The van der Waals surface area contributed by atoms with Gasteiger partial charge in [0.15, 0.2) is 0 Å². The molecular weight excluding hydrogens is 267 g/mol. The average molecular weight is 290 g/mol. The van der Waals surface area contributed by atoms with Gasteiger partial charge in [0.2, 0.25) is 5.91 Å². The number of benzene rings is 1. The van der Waals surface area contributed by atoms with E-state index >= 15 is 0 Å². The molecule has 0 spiro atoms. The van der Waals surface area contributed by atoms with Crippen molar-refractivity contribution in [2.45, 2.75) is 33.6 Å². The Hall–Kier alpha value is -1.84. The van der Waals surface area contributed by atoms with Crippen LogP contribution in [0.25, 0.3) is 6.08 Å². The van der Waals surface area contributed by atoms with Crippen LogP contribution < -0.4 is 5.73 Å². The van der Waals surface area contributed by atoms with Crippen molar-refractivity contribution < 1.29 is 9.18 Å². The van der Waals surface area contributed by atoms with Crippen LogP contribution in [-0.2, 0) is 4.79 Å². The van der Waals surface area contributed by atoms with E-state index in [0.29, 0.717) is 5.69 Å². The minimum absolute atomic E-state index is 0.0424. The van der Waals surface area contributed by atoms with Crippen molar-refractivity contribution in [1.82, 2.24) is 4.90 Å². The summed E-state index contributed by atoms with van der Waals surface area (Å²) in [6.45, 7) is 7.23. The van der Waals surface area contributed by atoms with Crippen molar-refractivity contribution in [3.8, 4) is 0 Å². The van der Waals surface area contributed by atoms with Crippen molar-refractivity contribution in [1.29, 1.82) is 0 Å². The summed E-state index contributed by atoms with van der Waals surface area (Å²) in [6, 6.07) is 2.87. The third kappa shape index (κ3) is 3.63. The van der Waals surface area contributed by atoms with E-state index in [1.165, 1.54) is 17.7 Å². The molecule has 0 atom stereocenters. The molecule has 2 rings (SSSR count). The molecule has 0 radical (unpaired) electrons. The SMILES string of the molecule is Cc1c(N)cc(F)cc1C=C1CCN(C(=O)C(C)C)CC1. The highest BCUT2D eigenvalue weighted by molar-refractivity contribution is 5.78. The van der Waals surface area contributed by atoms with Crippen LogP contribution in [0.1, 0.15) is 37.8 Å². The monoisotopic (exact) mass is 290 g/mol. The summed E-state index contributed by atoms with van der Waals surface area (Å²) in [7, 11) is 0. The first-order valence-electron chi connectivity index (χ1n) is 7.42. The van der Waals surface area contributed by atoms with Crippen LogP contribution in [0.5, 0.6) is 0 Å². The van der Waals surface area contributed by atoms with Gasteiger partial charge in [-0.25, -0.2) is 4.39 Å². The zero-order chi connectivity index (χ0) is 15.6. The maximum atomic E-state index is 13.5. The van der Waals surface area contributed by atoms with Crippen molar-refractivity contribution in [2.24, 2.45) is 5.92 Å². The summed E-state index contributed by atoms with van der Waals surface area (Å²) in [5.41, 5.74) is 9.27. The molecule has 1 fully saturated rings. The van der Waals surface area contributed by atoms with Gasteiger partial charge in [-0.1, -0.05) is 25.5 Å². The van der Waals surface area contributed by atoms with Gasteiger partial charge in [0.25, 0.3) is 0 Å². The lowest BCUT2D eigenvalue weighted by molar-refractivity contribution is -0.134. The highest BCUT2D eigenvalue weighted by Gasteiger charge is 2.21. The Bertz CT molecular complexity index is 568. The van der Waals surface area contributed by atoms with Crippen molar-refractivity contribution in [3.05, 3.63) is 34.6 Å². The third-order valence-corrected chi connectivity index (χ3v) is 4.02. The van der Waals surface area contributed by atoms with Crippen LogP contribution in [-0.4, -0.2) is 23.9 Å². The number of carbonyl (C=O) groups excluding carboxylic acids is 1. The van der Waals surface area contributed by atoms with E-state index in [9.17, 15) is 9.18 Å². The minimum Gasteiger partial charge on any atom is -0.398 e. The Labute approximate surface area is 125 Å². The molecule has 4 heteroatoms. The second kappa shape index (κ2) is 6.29. The van der Waals surface area contributed by atoms with Crippen LogP contribution in [0.4, 0.5) is 10.1 Å². The van der Waals surface area contributed by atoms with Gasteiger partial charge >= 0.3 is 0 Å². The molecule has 0 aliphatic carbocycles. The molecular formula is C17H23FN2O. The number of halogens is 1. The van der Waals surface area contributed by atoms with Gasteiger partial charge in [-0.2, -0.15) is 0 Å². The minimum atomic E-state index is -0.308. The lowest BCUT2D eigenvalue weighted by Gasteiger charge is -2.30. The number of nitrogens with two attached hydrogens (primary N) is 1. The molecule has 0 aromatic heterocycles. The third-order valence-electron chi connectivity index (χ3n) is 4.02. The largest absolute Gasteiger partial charge is 0.398 e. The standard InChI is InChI=1S/C17H23FN2O/c1-11(2)17(21)20-6-4-13(5-7-20)8-14-9-15(18)10-16(19)12(14)3/h8-11H,4-7,19H2,1-3H3. The first-order chi connectivity index (χ1) is 9.88. The van der Waals surface area contributed by atoms with Crippen LogP contribution in [0.15, 0.2) is 17.7 Å². The zero-order valence-electron chi connectivity index (χ0n) is 12.9. The lowest BCUT2D eigenvalue weighted by atomic mass is 9.97. The Kier molecular flexibility index (Phi) is 4.66. The fourth-order valence-corrected chi connectivity index (χ4v) is 2.62. The zero-order valence-corrected chi connectivity index (χ0v) is 12.9. The van der Waals surface area contributed by atoms with Crippen LogP contribution in [0.2, 0.25) is 0 Å². The second-order valence-electron chi connectivity index (χ2n) is 5.99. The summed E-state index contributed by atoms with van der Waals surface area (Å²) in [4.78, 5) is 13.9. The Balaban J connectivity index is 2.10. The molecule has 1 aromatic carbocycles. The second-order valence-corrected chi connectivity index (χ2v) is 5.99. The van der Waals surface area contributed by atoms with Crippen molar-refractivity contribution in [2.75, 3.05) is 18.8 Å². The lowest BCUT2D eigenvalue weighted by Crippen LogP contribution is -2.38. The summed E-state index contributed by atoms with van der Waals surface area (Å²) in [5.74, 6) is -0.0570. The van der Waals surface area contributed by atoms with E-state index in [1.807, 2.05) is 31.7 Å². The molecule has 1 aliphatic heterocycles. The predicted octanol–water partition coefficient (Wildman–Crippen LogP) is 3.38. The summed E-state index contributed by atoms with van der Waals surface area (Å²) < 4.78 is 13.5. The first kappa shape index (κ1) is 15.5. The first-order valence-corrected chi connectivity index (χ1v) is 7.42. The molecule has 1 aromatic rings. The maximum absolute atomic E-state index is 13.5. The molecule has 0 unspecified atom stereocenters. The fraction of sp³-hybridized carbons (Fsp3) is 0.471. The Morgan fingerprint density at radius 2 is 1.95 bits per heavy atom. The Morgan fingerprint density at radius 1 is 1.33 bits per heavy atom. The number of anilines is 1. The van der Waals surface area contributed by atoms with E-state index in [2.05, 4.69) is 0 Å². The number of carbonyl (C=O) groups is 1. The molecule has 1 amide bonds. The molecule has 0 saturated carbocycles. The molecule has 1 aliphatic rings. The van der Waals surface area contributed by atoms with Crippen molar-refractivity contribution in [3.63, 3.8) is 0 Å². The predicted molar refractivity (Wildman–Crippen MR) is 84.2 cm³/mol. The number of nitrogens with zero attached hydrogens (tertiary/aromatic N) is 1. The molecule has 114 valence electrons. The molecule has 1 saturated heterocycles. The van der Waals surface area contributed by atoms with Gasteiger partial charge in [-0.3, -0.25) is 4.79 Å². The number of rotatable bonds is 2. The number of hydrogen-bond donors (Lipinski definition) is 1. The van der Waals surface area contributed by atoms with Gasteiger partial charge < -0.3 is 10.6 Å². The topological polar surface area (TPSA) is 46.3 Å². The molecule has 21 heavy (non-hydrogen) atoms. The van der Waals surface area contributed by atoms with Crippen LogP contribution in [0, 0.1) is 18.7 Å². The Morgan fingerprint density at radius 3 is 2.52 bits per heavy atom. The molecule has 3 nitrogen and oxygen atoms in total. The maximum Gasteiger partial charge on any atom is 0.225 e. The van der Waals surface area contributed by atoms with E-state index in [-0.39, 0.29) is 17.6 Å². The summed E-state index contributed by atoms with van der Waals surface area (Å²) in [6.07, 6.45) is 3.70. The number of likely N-dealkylation sites (tertiary alicyclic amines) is 1. The smallest absolute Gasteiger partial charge is 0.225 e. The van der Waals surface area contributed by atoms with Crippen LogP contribution in [0.3, 0.4) is 0 Å². The van der Waals surface area contributed by atoms with Gasteiger partial charge in [0.1, 0.15) is 5.82 Å². The molecule has 2 N–H and O–H groups in total. The van der Waals surface area contributed by atoms with Crippen molar-refractivity contribution >= 4 is 17.7 Å². The molecule has 0 bridgehead atoms. The number of piperidine rings is 1. The van der Waals surface area contributed by atoms with Gasteiger partial charge in [0.05, 0.1) is 0 Å². The van der Waals surface area contributed by atoms with Gasteiger partial charge in [0, 0.05) is 24.7 Å². The van der Waals surface area contributed by atoms with Gasteiger partial charge in [-0.15, -0.1) is 0 Å². The highest BCUT2D eigenvalue weighted by atomic mass is 19.1. The molecule has 1 heterocycles. The fourth-order valence-electron chi connectivity index (χ4n) is 2.62. The van der Waals surface area contributed by atoms with Gasteiger partial charge in [-0.05, 0) is 43.0 Å². The van der Waals surface area contributed by atoms with E-state index in [0.717, 1.165) is 37.1 Å². The van der Waals surface area contributed by atoms with E-state index < -0.39 is 0 Å². The summed E-state index contributed by atoms with van der Waals surface area (Å²) in [5, 5.41) is 0. The van der Waals surface area contributed by atoms with Crippen LogP contribution >= 0.6 is 0 Å². The summed E-state index contributed by atoms with van der Waals surface area (Å²) >= 11 is 0. The average Bonchev–Trinajstić information content (AvgIpc) is 2.44. The normalized spacial score (nSPS) is 15.5. The van der Waals surface area contributed by atoms with E-state index in [1.54, 1.807) is 0 Å². The highest BCUT2D eigenvalue weighted by Crippen LogP contribution is 2.25.